The predicted molar refractivity (Wildman–Crippen MR) is 106 cm³/mol. The maximum absolute atomic E-state index is 12.9. The van der Waals surface area contributed by atoms with Gasteiger partial charge in [-0.1, -0.05) is 35.5 Å². The number of carbonyl (C=O) groups excluding carboxylic acids is 1. The molecule has 7 nitrogen and oxygen atoms in total. The lowest BCUT2D eigenvalue weighted by Gasteiger charge is -2.25. The van der Waals surface area contributed by atoms with E-state index >= 15 is 0 Å². The number of aromatic nitrogens is 4. The van der Waals surface area contributed by atoms with E-state index in [4.69, 9.17) is 0 Å². The number of para-hydroxylation sites is 2. The van der Waals surface area contributed by atoms with E-state index in [1.807, 2.05) is 54.1 Å². The number of rotatable bonds is 4. The van der Waals surface area contributed by atoms with Crippen molar-refractivity contribution in [3.8, 4) is 0 Å². The van der Waals surface area contributed by atoms with Crippen LogP contribution in [-0.2, 0) is 19.5 Å². The van der Waals surface area contributed by atoms with E-state index in [0.717, 1.165) is 33.9 Å². The van der Waals surface area contributed by atoms with Gasteiger partial charge in [-0.15, -0.1) is 5.10 Å². The molecule has 0 spiro atoms. The van der Waals surface area contributed by atoms with E-state index in [1.165, 1.54) is 0 Å². The Kier molecular flexibility index (Phi) is 3.91. The fraction of sp³-hybridized carbons (Fsp3) is 0.286. The van der Waals surface area contributed by atoms with Crippen molar-refractivity contribution in [2.24, 2.45) is 0 Å². The summed E-state index contributed by atoms with van der Waals surface area (Å²) in [5.74, 6) is 0.0101. The molecule has 1 amide bonds. The highest BCUT2D eigenvalue weighted by Crippen LogP contribution is 2.30. The number of likely N-dealkylation sites (N-methyl/N-ethyl adjacent to an activating group) is 1. The maximum Gasteiger partial charge on any atom is 0.270 e. The number of benzene rings is 2. The Morgan fingerprint density at radius 2 is 1.82 bits per heavy atom. The summed E-state index contributed by atoms with van der Waals surface area (Å²) in [6, 6.07) is 15.7. The average molecular weight is 375 g/mol. The van der Waals surface area contributed by atoms with Gasteiger partial charge in [-0.3, -0.25) is 4.79 Å². The highest BCUT2D eigenvalue weighted by atomic mass is 16.3. The van der Waals surface area contributed by atoms with Crippen LogP contribution in [-0.4, -0.2) is 55.2 Å². The van der Waals surface area contributed by atoms with Gasteiger partial charge in [0.1, 0.15) is 11.2 Å². The lowest BCUT2D eigenvalue weighted by molar-refractivity contribution is 0.0761. The third kappa shape index (κ3) is 2.58. The van der Waals surface area contributed by atoms with Gasteiger partial charge in [-0.2, -0.15) is 0 Å². The molecular weight excluding hydrogens is 354 g/mol. The molecule has 2 aromatic heterocycles. The minimum absolute atomic E-state index is 0.0101. The fourth-order valence-electron chi connectivity index (χ4n) is 4.14. The molecule has 2 aromatic carbocycles. The molecule has 0 bridgehead atoms. The Hall–Kier alpha value is -3.19. The molecule has 7 heteroatoms. The zero-order valence-corrected chi connectivity index (χ0v) is 15.6. The van der Waals surface area contributed by atoms with E-state index in [9.17, 15) is 9.90 Å². The van der Waals surface area contributed by atoms with E-state index in [-0.39, 0.29) is 5.91 Å². The Labute approximate surface area is 161 Å². The summed E-state index contributed by atoms with van der Waals surface area (Å²) in [6.07, 6.45) is 0.125. The van der Waals surface area contributed by atoms with Crippen LogP contribution >= 0.6 is 0 Å². The Morgan fingerprint density at radius 1 is 1.07 bits per heavy atom. The summed E-state index contributed by atoms with van der Waals surface area (Å²) in [6.45, 7) is 1.35. The number of nitrogens with zero attached hydrogens (tertiary/aromatic N) is 5. The lowest BCUT2D eigenvalue weighted by Crippen LogP contribution is -2.36. The molecule has 0 unspecified atom stereocenters. The first-order valence-electron chi connectivity index (χ1n) is 9.45. The van der Waals surface area contributed by atoms with Crippen LogP contribution in [0, 0.1) is 0 Å². The van der Waals surface area contributed by atoms with Crippen molar-refractivity contribution in [3.05, 3.63) is 59.8 Å². The Bertz CT molecular complexity index is 1190. The van der Waals surface area contributed by atoms with Gasteiger partial charge in [0.2, 0.25) is 0 Å². The maximum atomic E-state index is 12.9. The number of aliphatic hydroxyl groups excluding tert-OH is 1. The van der Waals surface area contributed by atoms with Crippen molar-refractivity contribution in [2.75, 3.05) is 13.6 Å². The largest absolute Gasteiger partial charge is 0.389 e. The molecule has 0 saturated carbocycles. The van der Waals surface area contributed by atoms with E-state index in [2.05, 4.69) is 16.4 Å². The van der Waals surface area contributed by atoms with Crippen molar-refractivity contribution in [1.29, 1.82) is 0 Å². The van der Waals surface area contributed by atoms with Gasteiger partial charge in [0.15, 0.2) is 0 Å². The molecule has 1 atom stereocenters. The van der Waals surface area contributed by atoms with Crippen LogP contribution in [0.1, 0.15) is 16.1 Å². The zero-order valence-electron chi connectivity index (χ0n) is 15.6. The van der Waals surface area contributed by atoms with E-state index < -0.39 is 6.10 Å². The molecule has 0 radical (unpaired) electrons. The van der Waals surface area contributed by atoms with Crippen LogP contribution in [0.15, 0.2) is 48.5 Å². The molecule has 0 fully saturated rings. The predicted octanol–water partition coefficient (Wildman–Crippen LogP) is 2.08. The number of aliphatic hydroxyl groups is 1. The molecule has 1 aliphatic heterocycles. The molecule has 28 heavy (non-hydrogen) atoms. The van der Waals surface area contributed by atoms with Crippen molar-refractivity contribution >= 4 is 27.8 Å². The highest BCUT2D eigenvalue weighted by molar-refractivity contribution is 6.02. The molecule has 5 rings (SSSR count). The second kappa shape index (κ2) is 6.45. The second-order valence-corrected chi connectivity index (χ2v) is 7.35. The first-order valence-corrected chi connectivity index (χ1v) is 9.45. The standard InChI is InChI=1S/C21H21N5O2/c1-24-11-10-16-15-6-2-4-8-18(15)25(20(16)21(24)28)12-14(27)13-26-19-9-5-3-7-17(19)22-23-26/h2-9,14,27H,10-13H2,1H3/t14-/m1/s1. The number of hydrogen-bond donors (Lipinski definition) is 1. The summed E-state index contributed by atoms with van der Waals surface area (Å²) in [7, 11) is 1.82. The van der Waals surface area contributed by atoms with Crippen molar-refractivity contribution in [2.45, 2.75) is 25.6 Å². The van der Waals surface area contributed by atoms with Gasteiger partial charge in [0, 0.05) is 24.5 Å². The summed E-state index contributed by atoms with van der Waals surface area (Å²) < 4.78 is 3.68. The van der Waals surface area contributed by atoms with Gasteiger partial charge < -0.3 is 14.6 Å². The first kappa shape index (κ1) is 16.9. The molecular formula is C21H21N5O2. The number of amides is 1. The van der Waals surface area contributed by atoms with Gasteiger partial charge in [-0.25, -0.2) is 4.68 Å². The minimum Gasteiger partial charge on any atom is -0.389 e. The smallest absolute Gasteiger partial charge is 0.270 e. The Morgan fingerprint density at radius 3 is 2.68 bits per heavy atom. The summed E-state index contributed by atoms with van der Waals surface area (Å²) in [5, 5.41) is 20.2. The van der Waals surface area contributed by atoms with Gasteiger partial charge in [0.25, 0.3) is 5.91 Å². The van der Waals surface area contributed by atoms with E-state index in [1.54, 1.807) is 9.58 Å². The molecule has 1 aliphatic rings. The lowest BCUT2D eigenvalue weighted by atomic mass is 10.0. The normalized spacial score (nSPS) is 15.4. The van der Waals surface area contributed by atoms with Crippen LogP contribution in [0.25, 0.3) is 21.9 Å². The first-order chi connectivity index (χ1) is 13.6. The third-order valence-corrected chi connectivity index (χ3v) is 5.52. The SMILES string of the molecule is CN1CCc2c(n(C[C@@H](O)Cn3nnc4ccccc43)c3ccccc23)C1=O. The van der Waals surface area contributed by atoms with Crippen molar-refractivity contribution in [1.82, 2.24) is 24.5 Å². The summed E-state index contributed by atoms with van der Waals surface area (Å²) >= 11 is 0. The minimum atomic E-state index is -0.704. The van der Waals surface area contributed by atoms with E-state index in [0.29, 0.717) is 25.3 Å². The van der Waals surface area contributed by atoms with Crippen molar-refractivity contribution in [3.63, 3.8) is 0 Å². The molecule has 142 valence electrons. The fourth-order valence-corrected chi connectivity index (χ4v) is 4.14. The monoisotopic (exact) mass is 375 g/mol. The average Bonchev–Trinajstić information content (AvgIpc) is 3.25. The van der Waals surface area contributed by atoms with Crippen LogP contribution in [0.4, 0.5) is 0 Å². The second-order valence-electron chi connectivity index (χ2n) is 7.35. The topological polar surface area (TPSA) is 76.2 Å². The summed E-state index contributed by atoms with van der Waals surface area (Å²) in [5.41, 5.74) is 4.44. The molecule has 1 N–H and O–H groups in total. The molecule has 0 aliphatic carbocycles. The molecule has 3 heterocycles. The van der Waals surface area contributed by atoms with Gasteiger partial charge in [-0.05, 0) is 30.2 Å². The van der Waals surface area contributed by atoms with Gasteiger partial charge in [0.05, 0.1) is 24.7 Å². The highest BCUT2D eigenvalue weighted by Gasteiger charge is 2.29. The molecule has 4 aromatic rings. The van der Waals surface area contributed by atoms with Crippen LogP contribution < -0.4 is 0 Å². The number of fused-ring (bicyclic) bond motifs is 4. The third-order valence-electron chi connectivity index (χ3n) is 5.52. The van der Waals surface area contributed by atoms with Crippen LogP contribution in [0.2, 0.25) is 0 Å². The Balaban J connectivity index is 1.52. The number of carbonyl (C=O) groups is 1. The zero-order chi connectivity index (χ0) is 19.3. The van der Waals surface area contributed by atoms with Crippen LogP contribution in [0.3, 0.4) is 0 Å². The van der Waals surface area contributed by atoms with Crippen LogP contribution in [0.5, 0.6) is 0 Å². The number of hydrogen-bond acceptors (Lipinski definition) is 4. The van der Waals surface area contributed by atoms with Gasteiger partial charge >= 0.3 is 0 Å². The molecule has 0 saturated heterocycles. The quantitative estimate of drug-likeness (QED) is 0.593. The van der Waals surface area contributed by atoms with Crippen molar-refractivity contribution < 1.29 is 9.90 Å². The summed E-state index contributed by atoms with van der Waals surface area (Å²) in [4.78, 5) is 14.6.